The Kier molecular flexibility index (Phi) is 2.95. The van der Waals surface area contributed by atoms with Crippen LogP contribution in [0.3, 0.4) is 0 Å². The van der Waals surface area contributed by atoms with Gasteiger partial charge in [0, 0.05) is 23.9 Å². The van der Waals surface area contributed by atoms with Crippen molar-refractivity contribution in [3.63, 3.8) is 0 Å². The molecule has 2 atom stereocenters. The number of aryl methyl sites for hydroxylation is 1. The number of rotatable bonds is 2. The number of hydrogen-bond acceptors (Lipinski definition) is 4. The highest BCUT2D eigenvalue weighted by molar-refractivity contribution is 5.38. The lowest BCUT2D eigenvalue weighted by Crippen LogP contribution is -2.11. The molecule has 1 unspecified atom stereocenters. The van der Waals surface area contributed by atoms with Crippen LogP contribution >= 0.6 is 0 Å². The van der Waals surface area contributed by atoms with Crippen LogP contribution in [0.4, 0.5) is 0 Å². The first-order chi connectivity index (χ1) is 9.15. The molecule has 98 valence electrons. The van der Waals surface area contributed by atoms with Crippen molar-refractivity contribution in [2.45, 2.75) is 32.5 Å². The Morgan fingerprint density at radius 1 is 1.37 bits per heavy atom. The summed E-state index contributed by atoms with van der Waals surface area (Å²) in [5, 5.41) is 9.59. The van der Waals surface area contributed by atoms with Crippen LogP contribution in [0.25, 0.3) is 0 Å². The second-order valence-electron chi connectivity index (χ2n) is 4.86. The fourth-order valence-corrected chi connectivity index (χ4v) is 2.39. The molecule has 4 heteroatoms. The summed E-state index contributed by atoms with van der Waals surface area (Å²) in [6.07, 6.45) is 1.81. The summed E-state index contributed by atoms with van der Waals surface area (Å²) in [4.78, 5) is 8.79. The quantitative estimate of drug-likeness (QED) is 0.897. The number of benzene rings is 1. The largest absolute Gasteiger partial charge is 0.482 e. The van der Waals surface area contributed by atoms with Gasteiger partial charge in [-0.3, -0.25) is 0 Å². The Morgan fingerprint density at radius 3 is 2.84 bits per heavy atom. The molecule has 3 rings (SSSR count). The van der Waals surface area contributed by atoms with Crippen LogP contribution in [0, 0.1) is 6.92 Å². The monoisotopic (exact) mass is 256 g/mol. The zero-order chi connectivity index (χ0) is 13.4. The summed E-state index contributed by atoms with van der Waals surface area (Å²) in [6.45, 7) is 3.60. The minimum Gasteiger partial charge on any atom is -0.482 e. The lowest BCUT2D eigenvalue weighted by molar-refractivity contribution is 0.195. The lowest BCUT2D eigenvalue weighted by Gasteiger charge is -2.12. The molecule has 0 bridgehead atoms. The predicted molar refractivity (Wildman–Crippen MR) is 70.9 cm³/mol. The Morgan fingerprint density at radius 2 is 2.16 bits per heavy atom. The van der Waals surface area contributed by atoms with Crippen LogP contribution in [0.5, 0.6) is 5.75 Å². The van der Waals surface area contributed by atoms with E-state index in [0.717, 1.165) is 23.4 Å². The van der Waals surface area contributed by atoms with Crippen LogP contribution in [0.2, 0.25) is 0 Å². The van der Waals surface area contributed by atoms with E-state index >= 15 is 0 Å². The number of ether oxygens (including phenoxy) is 1. The maximum atomic E-state index is 9.59. The van der Waals surface area contributed by atoms with Crippen molar-refractivity contribution in [3.8, 4) is 5.75 Å². The molecule has 0 saturated heterocycles. The lowest BCUT2D eigenvalue weighted by atomic mass is 10.1. The van der Waals surface area contributed by atoms with Gasteiger partial charge in [0.15, 0.2) is 11.9 Å². The number of aromatic nitrogens is 2. The third-order valence-corrected chi connectivity index (χ3v) is 3.42. The molecular formula is C15H16N2O2. The van der Waals surface area contributed by atoms with Gasteiger partial charge < -0.3 is 9.84 Å². The molecule has 2 heterocycles. The van der Waals surface area contributed by atoms with Gasteiger partial charge in [-0.25, -0.2) is 9.97 Å². The summed E-state index contributed by atoms with van der Waals surface area (Å²) >= 11 is 0. The van der Waals surface area contributed by atoms with Crippen molar-refractivity contribution in [3.05, 3.63) is 53.1 Å². The van der Waals surface area contributed by atoms with Gasteiger partial charge in [0.2, 0.25) is 0 Å². The summed E-state index contributed by atoms with van der Waals surface area (Å²) in [6, 6.07) is 8.00. The third-order valence-electron chi connectivity index (χ3n) is 3.42. The number of aliphatic hydroxyl groups excluding tert-OH is 1. The van der Waals surface area contributed by atoms with E-state index in [0.29, 0.717) is 5.82 Å². The van der Waals surface area contributed by atoms with Crippen LogP contribution in [-0.4, -0.2) is 15.1 Å². The molecule has 1 N–H and O–H groups in total. The number of aliphatic hydroxyl groups is 1. The van der Waals surface area contributed by atoms with Gasteiger partial charge in [-0.15, -0.1) is 0 Å². The Labute approximate surface area is 112 Å². The summed E-state index contributed by atoms with van der Waals surface area (Å²) in [5.74, 6) is 1.59. The Hall–Kier alpha value is -1.94. The zero-order valence-corrected chi connectivity index (χ0v) is 11.0. The second-order valence-corrected chi connectivity index (χ2v) is 4.86. The summed E-state index contributed by atoms with van der Waals surface area (Å²) in [5.41, 5.74) is 2.76. The van der Waals surface area contributed by atoms with E-state index in [2.05, 4.69) is 16.0 Å². The molecule has 0 aliphatic carbocycles. The molecule has 4 nitrogen and oxygen atoms in total. The van der Waals surface area contributed by atoms with Gasteiger partial charge in [0.05, 0.1) is 6.10 Å². The molecule has 0 saturated carbocycles. The highest BCUT2D eigenvalue weighted by atomic mass is 16.5. The highest BCUT2D eigenvalue weighted by Crippen LogP contribution is 2.35. The predicted octanol–water partition coefficient (Wildman–Crippen LogP) is 2.51. The SMILES string of the molecule is Cc1nc(C2Cc3ccccc3O2)ncc1[C@@H](C)O. The van der Waals surface area contributed by atoms with Gasteiger partial charge >= 0.3 is 0 Å². The van der Waals surface area contributed by atoms with E-state index < -0.39 is 6.10 Å². The van der Waals surface area contributed by atoms with E-state index in [1.807, 2.05) is 25.1 Å². The number of hydrogen-bond donors (Lipinski definition) is 1. The van der Waals surface area contributed by atoms with Gasteiger partial charge in [0.1, 0.15) is 5.75 Å². The van der Waals surface area contributed by atoms with E-state index in [9.17, 15) is 5.11 Å². The first kappa shape index (κ1) is 12.1. The molecule has 1 aliphatic rings. The van der Waals surface area contributed by atoms with Crippen molar-refractivity contribution >= 4 is 0 Å². The number of nitrogens with zero attached hydrogens (tertiary/aromatic N) is 2. The fourth-order valence-electron chi connectivity index (χ4n) is 2.39. The van der Waals surface area contributed by atoms with E-state index in [4.69, 9.17) is 4.74 Å². The first-order valence-electron chi connectivity index (χ1n) is 6.41. The Balaban J connectivity index is 1.88. The van der Waals surface area contributed by atoms with Crippen molar-refractivity contribution in [1.82, 2.24) is 9.97 Å². The molecule has 1 aromatic heterocycles. The third kappa shape index (κ3) is 2.19. The molecule has 1 aromatic carbocycles. The normalized spacial score (nSPS) is 18.8. The van der Waals surface area contributed by atoms with Gasteiger partial charge in [-0.05, 0) is 25.5 Å². The molecule has 0 amide bonds. The molecule has 2 aromatic rings. The molecule has 0 spiro atoms. The van der Waals surface area contributed by atoms with E-state index in [1.54, 1.807) is 13.1 Å². The van der Waals surface area contributed by atoms with Crippen LogP contribution in [-0.2, 0) is 6.42 Å². The van der Waals surface area contributed by atoms with Crippen molar-refractivity contribution in [2.75, 3.05) is 0 Å². The minimum absolute atomic E-state index is 0.126. The Bertz CT molecular complexity index is 586. The van der Waals surface area contributed by atoms with E-state index in [-0.39, 0.29) is 6.10 Å². The van der Waals surface area contributed by atoms with Crippen LogP contribution in [0.1, 0.15) is 41.8 Å². The molecular weight excluding hydrogens is 240 g/mol. The van der Waals surface area contributed by atoms with E-state index in [1.165, 1.54) is 5.56 Å². The molecule has 19 heavy (non-hydrogen) atoms. The average molecular weight is 256 g/mol. The van der Waals surface area contributed by atoms with Crippen LogP contribution < -0.4 is 4.74 Å². The summed E-state index contributed by atoms with van der Waals surface area (Å²) in [7, 11) is 0. The summed E-state index contributed by atoms with van der Waals surface area (Å²) < 4.78 is 5.86. The van der Waals surface area contributed by atoms with Gasteiger partial charge in [-0.2, -0.15) is 0 Å². The fraction of sp³-hybridized carbons (Fsp3) is 0.333. The van der Waals surface area contributed by atoms with Crippen LogP contribution in [0.15, 0.2) is 30.5 Å². The molecule has 0 radical (unpaired) electrons. The molecule has 0 fully saturated rings. The first-order valence-corrected chi connectivity index (χ1v) is 6.41. The van der Waals surface area contributed by atoms with Gasteiger partial charge in [-0.1, -0.05) is 18.2 Å². The van der Waals surface area contributed by atoms with Crippen molar-refractivity contribution < 1.29 is 9.84 Å². The van der Waals surface area contributed by atoms with Crippen molar-refractivity contribution in [2.24, 2.45) is 0 Å². The standard InChI is InChI=1S/C15H16N2O2/c1-9-12(10(2)18)8-16-15(17-9)14-7-11-5-3-4-6-13(11)19-14/h3-6,8,10,14,18H,7H2,1-2H3/t10-,14?/m1/s1. The maximum Gasteiger partial charge on any atom is 0.169 e. The average Bonchev–Trinajstić information content (AvgIpc) is 2.81. The number of fused-ring (bicyclic) bond motifs is 1. The van der Waals surface area contributed by atoms with Crippen molar-refractivity contribution in [1.29, 1.82) is 0 Å². The molecule has 1 aliphatic heterocycles. The smallest absolute Gasteiger partial charge is 0.169 e. The second kappa shape index (κ2) is 4.63. The number of para-hydroxylation sites is 1. The van der Waals surface area contributed by atoms with Gasteiger partial charge in [0.25, 0.3) is 0 Å². The minimum atomic E-state index is -0.546. The maximum absolute atomic E-state index is 9.59. The highest BCUT2D eigenvalue weighted by Gasteiger charge is 2.26. The zero-order valence-electron chi connectivity index (χ0n) is 11.0. The topological polar surface area (TPSA) is 55.2 Å².